The summed E-state index contributed by atoms with van der Waals surface area (Å²) in [4.78, 5) is 57.4. The van der Waals surface area contributed by atoms with Crippen molar-refractivity contribution >= 4 is 59.3 Å². The molecule has 3 aromatic carbocycles. The lowest BCUT2D eigenvalue weighted by molar-refractivity contribution is -0.134. The number of nitrogens with one attached hydrogen (secondary N) is 2. The summed E-state index contributed by atoms with van der Waals surface area (Å²) in [6.07, 6.45) is -2.45. The van der Waals surface area contributed by atoms with Gasteiger partial charge in [-0.25, -0.2) is 9.55 Å². The van der Waals surface area contributed by atoms with Gasteiger partial charge in [-0.2, -0.15) is 4.98 Å². The first-order valence-corrected chi connectivity index (χ1v) is 21.6. The lowest BCUT2D eigenvalue weighted by atomic mass is 9.72. The van der Waals surface area contributed by atoms with Crippen LogP contribution in [0.1, 0.15) is 68.5 Å². The van der Waals surface area contributed by atoms with Crippen molar-refractivity contribution in [3.8, 4) is 39.8 Å². The number of oxazole rings is 2. The number of amides is 1. The first-order chi connectivity index (χ1) is 28.1. The highest BCUT2D eigenvalue weighted by Gasteiger charge is 2.62. The molecule has 0 saturated carbocycles. The molecule has 10 bridgehead atoms. The zero-order chi connectivity index (χ0) is 41.4. The summed E-state index contributed by atoms with van der Waals surface area (Å²) in [7, 11) is -3.15. The zero-order valence-electron chi connectivity index (χ0n) is 32.4. The number of rotatable bonds is 7. The van der Waals surface area contributed by atoms with Gasteiger partial charge in [-0.3, -0.25) is 14.1 Å². The summed E-state index contributed by atoms with van der Waals surface area (Å²) < 4.78 is 39.2. The van der Waals surface area contributed by atoms with Gasteiger partial charge in [0.05, 0.1) is 11.1 Å². The average Bonchev–Trinajstić information content (AvgIpc) is 3.97. The molecule has 14 nitrogen and oxygen atoms in total. The molecule has 7 heterocycles. The SMILES string of the molecule is CC(C)[C@H](OP(=O)(O)O)C(=O)C[C@H]1Cc2ccc3c(c2)[C@]24c5cccc(c5NC2O3)-c2cccc3c2c(c(Cl)n3C)-c2oc(nc2Cl)-c2nc(oc24)[C@H](C(C)C)NC1=O. The summed E-state index contributed by atoms with van der Waals surface area (Å²) in [6.45, 7) is 7.06. The van der Waals surface area contributed by atoms with E-state index in [-0.39, 0.29) is 47.1 Å². The Morgan fingerprint density at radius 3 is 2.54 bits per heavy atom. The molecule has 1 spiro atoms. The first kappa shape index (κ1) is 38.3. The molecule has 1 unspecified atom stereocenters. The van der Waals surface area contributed by atoms with Crippen molar-refractivity contribution in [1.29, 1.82) is 0 Å². The minimum atomic E-state index is -5.03. The van der Waals surface area contributed by atoms with E-state index in [1.54, 1.807) is 13.8 Å². The van der Waals surface area contributed by atoms with Crippen LogP contribution in [0.25, 0.3) is 44.9 Å². The fourth-order valence-corrected chi connectivity index (χ4v) is 10.5. The van der Waals surface area contributed by atoms with Gasteiger partial charge in [-0.15, -0.1) is 0 Å². The first-order valence-electron chi connectivity index (χ1n) is 19.3. The maximum Gasteiger partial charge on any atom is 0.470 e. The number of phosphoric acid groups is 1. The second-order valence-electron chi connectivity index (χ2n) is 16.4. The van der Waals surface area contributed by atoms with E-state index >= 15 is 0 Å². The molecule has 0 aliphatic carbocycles. The van der Waals surface area contributed by atoms with Crippen LogP contribution in [0.15, 0.2) is 63.4 Å². The number of nitrogens with zero attached hydrogens (tertiary/aromatic N) is 3. The minimum absolute atomic E-state index is 0.0681. The summed E-state index contributed by atoms with van der Waals surface area (Å²) in [6, 6.07) is 16.9. The van der Waals surface area contributed by atoms with Crippen molar-refractivity contribution in [3.05, 3.63) is 93.2 Å². The second-order valence-corrected chi connectivity index (χ2v) is 18.3. The Kier molecular flexibility index (Phi) is 8.61. The molecule has 4 aliphatic rings. The maximum absolute atomic E-state index is 14.5. The van der Waals surface area contributed by atoms with Crippen LogP contribution in [-0.2, 0) is 37.6 Å². The van der Waals surface area contributed by atoms with Gasteiger partial charge in [0, 0.05) is 47.2 Å². The molecule has 4 N–H and O–H groups in total. The van der Waals surface area contributed by atoms with E-state index in [1.807, 2.05) is 80.1 Å². The zero-order valence-corrected chi connectivity index (χ0v) is 34.8. The molecule has 3 aromatic heterocycles. The Balaban J connectivity index is 1.25. The number of anilines is 1. The Morgan fingerprint density at radius 1 is 1.03 bits per heavy atom. The van der Waals surface area contributed by atoms with E-state index in [0.717, 1.165) is 38.8 Å². The smallest absolute Gasteiger partial charge is 0.469 e. The molecule has 5 atom stereocenters. The lowest BCUT2D eigenvalue weighted by Gasteiger charge is -2.29. The van der Waals surface area contributed by atoms with E-state index in [4.69, 9.17) is 51.3 Å². The molecule has 17 heteroatoms. The highest BCUT2D eigenvalue weighted by molar-refractivity contribution is 7.46. The molecule has 4 aliphatic heterocycles. The third kappa shape index (κ3) is 5.61. The number of halogens is 2. The highest BCUT2D eigenvalue weighted by atomic mass is 35.5. The molecule has 0 radical (unpaired) electrons. The summed E-state index contributed by atoms with van der Waals surface area (Å²) in [5.41, 5.74) is 5.28. The van der Waals surface area contributed by atoms with Crippen LogP contribution in [0.5, 0.6) is 5.75 Å². The van der Waals surface area contributed by atoms with Crippen LogP contribution in [0.4, 0.5) is 5.69 Å². The Bertz CT molecular complexity index is 2840. The van der Waals surface area contributed by atoms with Gasteiger partial charge in [0.1, 0.15) is 28.5 Å². The van der Waals surface area contributed by atoms with Gasteiger partial charge in [0.25, 0.3) is 5.89 Å². The number of Topliss-reactive ketones (excluding diaryl/α,β-unsaturated/α-hetero) is 1. The number of carbonyl (C=O) groups is 2. The van der Waals surface area contributed by atoms with Gasteiger partial charge < -0.3 is 38.6 Å². The van der Waals surface area contributed by atoms with Gasteiger partial charge in [0.15, 0.2) is 34.4 Å². The van der Waals surface area contributed by atoms with Crippen molar-refractivity contribution < 1.29 is 42.0 Å². The largest absolute Gasteiger partial charge is 0.470 e. The number of aryl methyl sites for hydroxylation is 1. The Labute approximate surface area is 347 Å². The number of carbonyl (C=O) groups excluding carboxylic acids is 2. The highest BCUT2D eigenvalue weighted by Crippen LogP contribution is 2.62. The number of ether oxygens (including phenoxy) is 1. The molecule has 59 heavy (non-hydrogen) atoms. The summed E-state index contributed by atoms with van der Waals surface area (Å²) in [5.74, 6) is -1.52. The molecular formula is C42H38Cl2N5O9P. The summed E-state index contributed by atoms with van der Waals surface area (Å²) in [5, 5.41) is 8.12. The third-order valence-electron chi connectivity index (χ3n) is 12.0. The molecule has 0 saturated heterocycles. The number of hydrogen-bond acceptors (Lipinski definition) is 10. The summed E-state index contributed by atoms with van der Waals surface area (Å²) >= 11 is 14.1. The van der Waals surface area contributed by atoms with E-state index in [1.165, 1.54) is 0 Å². The fourth-order valence-electron chi connectivity index (χ4n) is 9.37. The Morgan fingerprint density at radius 2 is 1.80 bits per heavy atom. The van der Waals surface area contributed by atoms with E-state index in [9.17, 15) is 23.9 Å². The quantitative estimate of drug-likeness (QED) is 0.112. The van der Waals surface area contributed by atoms with Crippen molar-refractivity contribution in [2.75, 3.05) is 5.32 Å². The predicted octanol–water partition coefficient (Wildman–Crippen LogP) is 8.33. The minimum Gasteiger partial charge on any atom is -0.469 e. The molecular weight excluding hydrogens is 820 g/mol. The molecule has 0 fully saturated rings. The fraction of sp³-hybridized carbons (Fsp3) is 0.333. The molecule has 6 aromatic rings. The van der Waals surface area contributed by atoms with Gasteiger partial charge in [0.2, 0.25) is 11.8 Å². The number of aromatic nitrogens is 3. The van der Waals surface area contributed by atoms with Crippen molar-refractivity contribution in [3.63, 3.8) is 0 Å². The Hall–Kier alpha value is -4.95. The van der Waals surface area contributed by atoms with E-state index in [0.29, 0.717) is 27.8 Å². The number of ketones is 1. The number of benzene rings is 3. The molecule has 304 valence electrons. The van der Waals surface area contributed by atoms with Crippen molar-refractivity contribution in [2.24, 2.45) is 24.8 Å². The van der Waals surface area contributed by atoms with Crippen LogP contribution < -0.4 is 15.4 Å². The normalized spacial score (nSPS) is 21.7. The van der Waals surface area contributed by atoms with Crippen LogP contribution in [0.2, 0.25) is 10.3 Å². The van der Waals surface area contributed by atoms with Crippen molar-refractivity contribution in [1.82, 2.24) is 19.9 Å². The number of fused-ring (bicyclic) bond motifs is 7. The molecule has 10 rings (SSSR count). The van der Waals surface area contributed by atoms with E-state index in [2.05, 4.69) is 10.6 Å². The topological polar surface area (TPSA) is 191 Å². The van der Waals surface area contributed by atoms with Gasteiger partial charge in [-0.1, -0.05) is 93.4 Å². The number of para-hydroxylation sites is 1. The molecule has 1 amide bonds. The lowest BCUT2D eigenvalue weighted by Crippen LogP contribution is -2.41. The standard InChI is InChI=1S/C42H38Cl2N5O9P/c1-17(2)30-39-46-32-35(57-39)42-23-10-6-9-22(21-8-7-11-25-28(21)29(37(44)49(25)5)34-36(43)48-40(32)56-34)31(23)47-41(42)55-27-13-12-19(15-24(27)42)14-20(38(51)45-30)16-26(50)33(18(3)4)58-59(52,53)54/h6-13,15,17-18,20,30,33,41,47H,14,16H2,1-5H3,(H,45,51)(H2,52,53,54)/t20-,30+,33+,41?,42+/m1/s1. The van der Waals surface area contributed by atoms with Crippen LogP contribution in [0, 0.1) is 17.8 Å². The van der Waals surface area contributed by atoms with E-state index < -0.39 is 55.1 Å². The third-order valence-corrected chi connectivity index (χ3v) is 13.2. The monoisotopic (exact) mass is 857 g/mol. The van der Waals surface area contributed by atoms with Crippen molar-refractivity contribution in [2.45, 2.75) is 64.3 Å². The maximum atomic E-state index is 14.5. The van der Waals surface area contributed by atoms with Gasteiger partial charge >= 0.3 is 7.82 Å². The van der Waals surface area contributed by atoms with Gasteiger partial charge in [-0.05, 0) is 41.5 Å². The average molecular weight is 859 g/mol. The van der Waals surface area contributed by atoms with Crippen LogP contribution >= 0.6 is 31.0 Å². The number of phosphoric ester groups is 1. The second kappa shape index (κ2) is 13.3. The van der Waals surface area contributed by atoms with Crippen LogP contribution in [0.3, 0.4) is 0 Å². The van der Waals surface area contributed by atoms with Crippen LogP contribution in [-0.4, -0.2) is 48.3 Å². The predicted molar refractivity (Wildman–Crippen MR) is 218 cm³/mol. The number of hydrogen-bond donors (Lipinski definition) is 4.